The van der Waals surface area contributed by atoms with Gasteiger partial charge < -0.3 is 49.3 Å². The Hall–Kier alpha value is -9.34. The minimum absolute atomic E-state index is 0.000137. The van der Waals surface area contributed by atoms with Gasteiger partial charge in [-0.1, -0.05) is 84.9 Å². The van der Waals surface area contributed by atoms with Crippen molar-refractivity contribution in [2.75, 3.05) is 46.4 Å². The molecule has 0 radical (unpaired) electrons. The van der Waals surface area contributed by atoms with Crippen molar-refractivity contribution in [3.63, 3.8) is 0 Å². The van der Waals surface area contributed by atoms with Gasteiger partial charge in [0.05, 0.1) is 7.11 Å². The number of aromatic nitrogens is 4. The van der Waals surface area contributed by atoms with Gasteiger partial charge in [0.25, 0.3) is 45.9 Å². The fraction of sp³-hybridized carbons (Fsp3) is 0.321. The molecular formula is C56H63N9O13. The first-order valence-electron chi connectivity index (χ1n) is 25.3. The van der Waals surface area contributed by atoms with Crippen LogP contribution in [0.15, 0.2) is 153 Å². The second-order valence-corrected chi connectivity index (χ2v) is 17.9. The maximum Gasteiger partial charge on any atom is 0.305 e. The molecule has 0 fully saturated rings. The number of amides is 5. The summed E-state index contributed by atoms with van der Waals surface area (Å²) in [6.45, 7) is -0.232. The fourth-order valence-corrected chi connectivity index (χ4v) is 8.24. The third-order valence-corrected chi connectivity index (χ3v) is 12.5. The number of hydrogen-bond acceptors (Lipinski definition) is 13. The summed E-state index contributed by atoms with van der Waals surface area (Å²) in [5, 5.41) is 8.36. The summed E-state index contributed by atoms with van der Waals surface area (Å²) >= 11 is 0. The number of rotatable bonds is 28. The Kier molecular flexibility index (Phi) is 21.6. The van der Waals surface area contributed by atoms with Crippen molar-refractivity contribution in [1.29, 1.82) is 0 Å². The molecule has 0 spiro atoms. The molecule has 3 N–H and O–H groups in total. The molecule has 2 aromatic carbocycles. The summed E-state index contributed by atoms with van der Waals surface area (Å²) in [6, 6.07) is 33.4. The SMILES string of the molecule is COC(=O)CCCNC(=O)C(CCCN(CCCNC(=O)c1cccc(=O)n1OCc1ccccc1)C(=O)c1cccc(=O)n1OCc1ccccc1)N(CCCNC(=O)c1cccc(=O)n1C)C(=O)c1cccc(=O)n1C. The minimum Gasteiger partial charge on any atom is -0.469 e. The number of carbonyl (C=O) groups excluding carboxylic acids is 6. The highest BCUT2D eigenvalue weighted by molar-refractivity contribution is 5.97. The number of ether oxygens (including phenoxy) is 1. The minimum atomic E-state index is -1.26. The number of nitrogens with zero attached hydrogens (tertiary/aromatic N) is 6. The van der Waals surface area contributed by atoms with E-state index in [2.05, 4.69) is 16.0 Å². The van der Waals surface area contributed by atoms with E-state index in [1.54, 1.807) is 24.3 Å². The van der Waals surface area contributed by atoms with Crippen LogP contribution >= 0.6 is 0 Å². The van der Waals surface area contributed by atoms with Gasteiger partial charge in [0.15, 0.2) is 0 Å². The average molecular weight is 1070 g/mol. The highest BCUT2D eigenvalue weighted by atomic mass is 16.7. The van der Waals surface area contributed by atoms with Gasteiger partial charge in [-0.2, -0.15) is 0 Å². The first-order valence-corrected chi connectivity index (χ1v) is 25.3. The van der Waals surface area contributed by atoms with Gasteiger partial charge in [-0.15, -0.1) is 9.46 Å². The van der Waals surface area contributed by atoms with E-state index in [1.165, 1.54) is 108 Å². The molecule has 5 amide bonds. The Morgan fingerprint density at radius 3 is 1.53 bits per heavy atom. The van der Waals surface area contributed by atoms with Gasteiger partial charge in [0, 0.05) is 84.1 Å². The molecule has 22 nitrogen and oxygen atoms in total. The number of hydrogen-bond donors (Lipinski definition) is 3. The monoisotopic (exact) mass is 1070 g/mol. The first kappa shape index (κ1) is 57.9. The van der Waals surface area contributed by atoms with E-state index in [9.17, 15) is 47.9 Å². The zero-order chi connectivity index (χ0) is 56.0. The molecule has 0 aliphatic rings. The van der Waals surface area contributed by atoms with Crippen molar-refractivity contribution in [3.05, 3.63) is 209 Å². The molecule has 4 heterocycles. The lowest BCUT2D eigenvalue weighted by molar-refractivity contribution is -0.140. The van der Waals surface area contributed by atoms with Crippen LogP contribution in [0.1, 0.15) is 91.6 Å². The molecule has 4 aromatic heterocycles. The van der Waals surface area contributed by atoms with Crippen LogP contribution in [0.25, 0.3) is 0 Å². The molecule has 78 heavy (non-hydrogen) atoms. The average Bonchev–Trinajstić information content (AvgIpc) is 3.45. The van der Waals surface area contributed by atoms with E-state index < -0.39 is 63.8 Å². The van der Waals surface area contributed by atoms with E-state index in [0.29, 0.717) is 0 Å². The summed E-state index contributed by atoms with van der Waals surface area (Å²) in [5.41, 5.74) is -0.701. The number of methoxy groups -OCH3 is 1. The summed E-state index contributed by atoms with van der Waals surface area (Å²) in [5.74, 6) is -3.62. The van der Waals surface area contributed by atoms with E-state index in [4.69, 9.17) is 14.4 Å². The molecule has 0 bridgehead atoms. The summed E-state index contributed by atoms with van der Waals surface area (Å²) < 4.78 is 8.90. The van der Waals surface area contributed by atoms with Gasteiger partial charge in [0.1, 0.15) is 42.0 Å². The van der Waals surface area contributed by atoms with Crippen LogP contribution in [-0.2, 0) is 41.6 Å². The smallest absolute Gasteiger partial charge is 0.305 e. The van der Waals surface area contributed by atoms with Crippen molar-refractivity contribution in [1.82, 2.24) is 44.3 Å². The second-order valence-electron chi connectivity index (χ2n) is 17.9. The van der Waals surface area contributed by atoms with Crippen molar-refractivity contribution in [2.45, 2.75) is 57.8 Å². The van der Waals surface area contributed by atoms with E-state index in [0.717, 1.165) is 25.2 Å². The number of esters is 1. The Balaban J connectivity index is 1.26. The zero-order valence-corrected chi connectivity index (χ0v) is 43.7. The van der Waals surface area contributed by atoms with Crippen LogP contribution < -0.4 is 47.9 Å². The molecule has 410 valence electrons. The zero-order valence-electron chi connectivity index (χ0n) is 43.7. The van der Waals surface area contributed by atoms with Crippen molar-refractivity contribution in [3.8, 4) is 0 Å². The molecule has 0 aliphatic carbocycles. The first-order chi connectivity index (χ1) is 37.7. The molecule has 0 aliphatic heterocycles. The third kappa shape index (κ3) is 16.1. The largest absolute Gasteiger partial charge is 0.469 e. The Morgan fingerprint density at radius 2 is 0.949 bits per heavy atom. The normalized spacial score (nSPS) is 11.2. The number of nitrogens with one attached hydrogen (secondary N) is 3. The quantitative estimate of drug-likeness (QED) is 0.0471. The lowest BCUT2D eigenvalue weighted by Crippen LogP contribution is -2.51. The topological polar surface area (TPSA) is 261 Å². The van der Waals surface area contributed by atoms with E-state index in [-0.39, 0.29) is 114 Å². The van der Waals surface area contributed by atoms with Crippen LogP contribution in [-0.4, -0.2) is 116 Å². The molecular weight excluding hydrogens is 1010 g/mol. The number of carbonyl (C=O) groups is 6. The van der Waals surface area contributed by atoms with Crippen molar-refractivity contribution in [2.24, 2.45) is 14.1 Å². The van der Waals surface area contributed by atoms with Gasteiger partial charge in [-0.05, 0) is 67.5 Å². The van der Waals surface area contributed by atoms with Crippen LogP contribution in [0.3, 0.4) is 0 Å². The van der Waals surface area contributed by atoms with Gasteiger partial charge in [-0.25, -0.2) is 0 Å². The molecule has 6 aromatic rings. The maximum atomic E-state index is 14.8. The Morgan fingerprint density at radius 1 is 0.487 bits per heavy atom. The number of pyridine rings is 4. The molecule has 1 unspecified atom stereocenters. The lowest BCUT2D eigenvalue weighted by atomic mass is 10.1. The molecule has 0 saturated carbocycles. The van der Waals surface area contributed by atoms with Gasteiger partial charge in [-0.3, -0.25) is 47.9 Å². The highest BCUT2D eigenvalue weighted by Gasteiger charge is 2.32. The summed E-state index contributed by atoms with van der Waals surface area (Å²) in [4.78, 5) is 148. The fourth-order valence-electron chi connectivity index (χ4n) is 8.24. The third-order valence-electron chi connectivity index (χ3n) is 12.5. The van der Waals surface area contributed by atoms with Crippen LogP contribution in [0, 0.1) is 0 Å². The predicted octanol–water partition coefficient (Wildman–Crippen LogP) is 2.11. The molecule has 0 saturated heterocycles. The molecule has 1 atom stereocenters. The van der Waals surface area contributed by atoms with Gasteiger partial charge >= 0.3 is 5.97 Å². The molecule has 22 heteroatoms. The molecule has 6 rings (SSSR count). The summed E-state index contributed by atoms with van der Waals surface area (Å²) in [6.07, 6.45) is 0.441. The van der Waals surface area contributed by atoms with E-state index >= 15 is 0 Å². The second kappa shape index (κ2) is 29.1. The van der Waals surface area contributed by atoms with Crippen LogP contribution in [0.2, 0.25) is 0 Å². The number of benzene rings is 2. The van der Waals surface area contributed by atoms with Crippen molar-refractivity contribution >= 4 is 35.5 Å². The predicted molar refractivity (Wildman–Crippen MR) is 286 cm³/mol. The highest BCUT2D eigenvalue weighted by Crippen LogP contribution is 2.16. The maximum absolute atomic E-state index is 14.8. The van der Waals surface area contributed by atoms with Gasteiger partial charge in [0.2, 0.25) is 5.91 Å². The van der Waals surface area contributed by atoms with Crippen molar-refractivity contribution < 1.29 is 43.2 Å². The van der Waals surface area contributed by atoms with E-state index in [1.807, 2.05) is 36.4 Å². The van der Waals surface area contributed by atoms with Crippen LogP contribution in [0.4, 0.5) is 0 Å². The standard InChI is InChI=1S/C56H63N9O13/c1-60-42(22-10-27-47(60)66)52(71)58-34-17-37-63(56(75)45-24-12-28-48(67)61(45)2)43(53(72)57-32-14-31-51(70)76-3)26-15-35-62(55(74)46-25-13-30-50(69)65(46)78-39-41-20-8-5-9-21-41)36-16-33-59-54(73)44-23-11-29-49(68)64(44)77-38-40-18-6-4-7-19-40/h4-13,18-25,27-30,43H,14-17,26,31-39H2,1-3H3,(H,57,72)(H,58,71)(H,59,73). The Bertz CT molecular complexity index is 3280. The van der Waals surface area contributed by atoms with Crippen LogP contribution in [0.5, 0.6) is 0 Å². The lowest BCUT2D eigenvalue weighted by Gasteiger charge is -2.32. The Labute approximate surface area is 448 Å². The summed E-state index contributed by atoms with van der Waals surface area (Å²) in [7, 11) is 4.11.